The lowest BCUT2D eigenvalue weighted by Crippen LogP contribution is -2.54. The van der Waals surface area contributed by atoms with Crippen molar-refractivity contribution >= 4 is 11.8 Å². The molecule has 1 saturated heterocycles. The molecular formula is C26H42N2O3. The molecule has 1 heterocycles. The van der Waals surface area contributed by atoms with E-state index in [0.29, 0.717) is 29.6 Å². The molecule has 0 spiro atoms. The maximum absolute atomic E-state index is 12.6. The molecule has 5 aliphatic rings. The van der Waals surface area contributed by atoms with Crippen molar-refractivity contribution in [3.05, 3.63) is 0 Å². The molecule has 0 aromatic carbocycles. The third-order valence-electron chi connectivity index (χ3n) is 10.6. The summed E-state index contributed by atoms with van der Waals surface area (Å²) in [4.78, 5) is 29.8. The van der Waals surface area contributed by atoms with Crippen molar-refractivity contribution in [2.24, 2.45) is 34.5 Å². The minimum absolute atomic E-state index is 0.0234. The van der Waals surface area contributed by atoms with Gasteiger partial charge in [0.15, 0.2) is 0 Å². The van der Waals surface area contributed by atoms with Crippen LogP contribution in [0.15, 0.2) is 0 Å². The number of ketones is 1. The van der Waals surface area contributed by atoms with Gasteiger partial charge < -0.3 is 9.64 Å². The summed E-state index contributed by atoms with van der Waals surface area (Å²) in [5.74, 6) is 3.31. The fraction of sp³-hybridized carbons (Fsp3) is 0.923. The van der Waals surface area contributed by atoms with Gasteiger partial charge in [0.05, 0.1) is 6.54 Å². The smallest absolute Gasteiger partial charge is 0.320 e. The van der Waals surface area contributed by atoms with E-state index in [1.165, 1.54) is 25.7 Å². The van der Waals surface area contributed by atoms with E-state index in [4.69, 9.17) is 4.74 Å². The van der Waals surface area contributed by atoms with Crippen molar-refractivity contribution in [3.63, 3.8) is 0 Å². The lowest BCUT2D eigenvalue weighted by molar-refractivity contribution is -0.163. The van der Waals surface area contributed by atoms with Crippen LogP contribution < -0.4 is 0 Å². The lowest BCUT2D eigenvalue weighted by Gasteiger charge is -2.60. The molecule has 0 N–H and O–H groups in total. The highest BCUT2D eigenvalue weighted by Crippen LogP contribution is 2.65. The van der Waals surface area contributed by atoms with Gasteiger partial charge in [0.2, 0.25) is 0 Å². The molecular weight excluding hydrogens is 388 g/mol. The van der Waals surface area contributed by atoms with Crippen LogP contribution in [0.2, 0.25) is 0 Å². The Hall–Kier alpha value is -0.940. The number of hydrogen-bond donors (Lipinski definition) is 0. The van der Waals surface area contributed by atoms with Gasteiger partial charge in [0, 0.05) is 38.0 Å². The van der Waals surface area contributed by atoms with Gasteiger partial charge in [-0.15, -0.1) is 0 Å². The Morgan fingerprint density at radius 3 is 2.55 bits per heavy atom. The molecule has 5 rings (SSSR count). The summed E-state index contributed by atoms with van der Waals surface area (Å²) in [6.45, 7) is 9.25. The highest BCUT2D eigenvalue weighted by atomic mass is 16.5. The number of fused-ring (bicyclic) bond motifs is 5. The maximum Gasteiger partial charge on any atom is 0.320 e. The molecule has 5 heteroatoms. The number of likely N-dealkylation sites (N-methyl/N-ethyl adjacent to an activating group) is 1. The van der Waals surface area contributed by atoms with Crippen LogP contribution in [0.25, 0.3) is 0 Å². The second kappa shape index (κ2) is 8.13. The Morgan fingerprint density at radius 1 is 1.00 bits per heavy atom. The molecule has 174 valence electrons. The van der Waals surface area contributed by atoms with Gasteiger partial charge in [-0.2, -0.15) is 0 Å². The Balaban J connectivity index is 1.19. The van der Waals surface area contributed by atoms with Crippen molar-refractivity contribution in [2.45, 2.75) is 77.7 Å². The number of esters is 1. The van der Waals surface area contributed by atoms with Crippen LogP contribution in [0.3, 0.4) is 0 Å². The molecule has 7 atom stereocenters. The lowest BCUT2D eigenvalue weighted by atomic mass is 9.45. The van der Waals surface area contributed by atoms with E-state index >= 15 is 0 Å². The van der Waals surface area contributed by atoms with Crippen molar-refractivity contribution in [3.8, 4) is 0 Å². The predicted octanol–water partition coefficient (Wildman–Crippen LogP) is 3.76. The quantitative estimate of drug-likeness (QED) is 0.638. The summed E-state index contributed by atoms with van der Waals surface area (Å²) in [5, 5.41) is 0. The van der Waals surface area contributed by atoms with Crippen LogP contribution in [0.5, 0.6) is 0 Å². The number of ether oxygens (including phenoxy) is 1. The zero-order valence-corrected chi connectivity index (χ0v) is 19.9. The van der Waals surface area contributed by atoms with Crippen LogP contribution >= 0.6 is 0 Å². The molecule has 0 aromatic rings. The van der Waals surface area contributed by atoms with E-state index in [2.05, 4.69) is 30.7 Å². The number of nitrogens with zero attached hydrogens (tertiary/aromatic N) is 2. The minimum atomic E-state index is -0.0274. The molecule has 0 unspecified atom stereocenters. The summed E-state index contributed by atoms with van der Waals surface area (Å²) in [7, 11) is 2.14. The fourth-order valence-corrected chi connectivity index (χ4v) is 8.51. The summed E-state index contributed by atoms with van der Waals surface area (Å²) in [6.07, 6.45) is 10.2. The normalized spacial score (nSPS) is 46.2. The zero-order chi connectivity index (χ0) is 21.8. The number of rotatable bonds is 3. The summed E-state index contributed by atoms with van der Waals surface area (Å²) >= 11 is 0. The first-order chi connectivity index (χ1) is 14.8. The molecule has 0 aromatic heterocycles. The van der Waals surface area contributed by atoms with Gasteiger partial charge in [-0.3, -0.25) is 14.5 Å². The third-order valence-corrected chi connectivity index (χ3v) is 10.6. The van der Waals surface area contributed by atoms with Crippen LogP contribution in [0, 0.1) is 34.5 Å². The average Bonchev–Trinajstić information content (AvgIpc) is 3.05. The summed E-state index contributed by atoms with van der Waals surface area (Å²) in [5.41, 5.74) is 0.344. The SMILES string of the molecule is CN1CCN(CC(=O)O[C@H]2CC[C@@]3(C)[C@@H](CC[C@@H]4[C@@H]3CC[C@]3(C)C(=O)CC[C@@H]43)C2)CC1. The number of piperazine rings is 1. The van der Waals surface area contributed by atoms with E-state index in [1.54, 1.807) is 0 Å². The monoisotopic (exact) mass is 430 g/mol. The van der Waals surface area contributed by atoms with Gasteiger partial charge in [-0.25, -0.2) is 0 Å². The average molecular weight is 431 g/mol. The number of Topliss-reactive ketones (excluding diaryl/α,β-unsaturated/α-hetero) is 1. The molecule has 5 nitrogen and oxygen atoms in total. The van der Waals surface area contributed by atoms with E-state index in [-0.39, 0.29) is 17.5 Å². The van der Waals surface area contributed by atoms with Gasteiger partial charge in [-0.05, 0) is 87.5 Å². The van der Waals surface area contributed by atoms with Gasteiger partial charge in [0.1, 0.15) is 11.9 Å². The van der Waals surface area contributed by atoms with Crippen LogP contribution in [-0.4, -0.2) is 67.4 Å². The van der Waals surface area contributed by atoms with E-state index in [1.807, 2.05) is 0 Å². The Kier molecular flexibility index (Phi) is 5.74. The van der Waals surface area contributed by atoms with E-state index in [0.717, 1.165) is 70.1 Å². The predicted molar refractivity (Wildman–Crippen MR) is 121 cm³/mol. The topological polar surface area (TPSA) is 49.9 Å². The molecule has 4 aliphatic carbocycles. The number of carbonyl (C=O) groups excluding carboxylic acids is 2. The maximum atomic E-state index is 12.6. The Labute approximate surface area is 188 Å². The van der Waals surface area contributed by atoms with Gasteiger partial charge in [0.25, 0.3) is 0 Å². The highest BCUT2D eigenvalue weighted by Gasteiger charge is 2.60. The Morgan fingerprint density at radius 2 is 1.77 bits per heavy atom. The highest BCUT2D eigenvalue weighted by molar-refractivity contribution is 5.87. The molecule has 0 radical (unpaired) electrons. The number of hydrogen-bond acceptors (Lipinski definition) is 5. The first-order valence-electron chi connectivity index (χ1n) is 12.9. The molecule has 5 fully saturated rings. The third kappa shape index (κ3) is 3.78. The standard InChI is InChI=1S/C26H42N2O3/c1-25-10-8-19(31-24(30)17-28-14-12-27(3)13-15-28)16-18(25)4-5-20-21-6-7-23(29)26(21,2)11-9-22(20)25/h18-22H,4-17H2,1-3H3/t18-,19-,20-,21-,22-,25-,26-/m0/s1. The molecule has 0 bridgehead atoms. The Bertz CT molecular complexity index is 717. The molecule has 0 amide bonds. The second-order valence-electron chi connectivity index (χ2n) is 12.0. The summed E-state index contributed by atoms with van der Waals surface area (Å²) < 4.78 is 6.01. The van der Waals surface area contributed by atoms with Crippen LogP contribution in [0.1, 0.15) is 71.6 Å². The first-order valence-corrected chi connectivity index (χ1v) is 12.9. The van der Waals surface area contributed by atoms with Crippen molar-refractivity contribution in [2.75, 3.05) is 39.8 Å². The van der Waals surface area contributed by atoms with Gasteiger partial charge >= 0.3 is 5.97 Å². The van der Waals surface area contributed by atoms with Gasteiger partial charge in [-0.1, -0.05) is 13.8 Å². The van der Waals surface area contributed by atoms with E-state index in [9.17, 15) is 9.59 Å². The largest absolute Gasteiger partial charge is 0.461 e. The van der Waals surface area contributed by atoms with Crippen LogP contribution in [0.4, 0.5) is 0 Å². The van der Waals surface area contributed by atoms with Crippen molar-refractivity contribution in [1.29, 1.82) is 0 Å². The van der Waals surface area contributed by atoms with Crippen molar-refractivity contribution < 1.29 is 14.3 Å². The second-order valence-corrected chi connectivity index (χ2v) is 12.0. The summed E-state index contributed by atoms with van der Waals surface area (Å²) in [6, 6.07) is 0. The van der Waals surface area contributed by atoms with Crippen LogP contribution in [-0.2, 0) is 14.3 Å². The van der Waals surface area contributed by atoms with E-state index < -0.39 is 0 Å². The molecule has 4 saturated carbocycles. The zero-order valence-electron chi connectivity index (χ0n) is 19.9. The number of carbonyl (C=O) groups is 2. The minimum Gasteiger partial charge on any atom is -0.461 e. The first kappa shape index (κ1) is 21.9. The molecule has 1 aliphatic heterocycles. The van der Waals surface area contributed by atoms with Crippen molar-refractivity contribution in [1.82, 2.24) is 9.80 Å². The molecule has 31 heavy (non-hydrogen) atoms. The fourth-order valence-electron chi connectivity index (χ4n) is 8.51.